The van der Waals surface area contributed by atoms with Gasteiger partial charge in [0.15, 0.2) is 10.1 Å². The Morgan fingerprint density at radius 1 is 1.41 bits per heavy atom. The third-order valence-electron chi connectivity index (χ3n) is 4.23. The summed E-state index contributed by atoms with van der Waals surface area (Å²) in [6.07, 6.45) is 5.82. The van der Waals surface area contributed by atoms with E-state index in [1.54, 1.807) is 16.5 Å². The lowest BCUT2D eigenvalue weighted by Crippen LogP contribution is -2.24. The van der Waals surface area contributed by atoms with Crippen LogP contribution in [0.3, 0.4) is 0 Å². The number of aromatic nitrogens is 2. The highest BCUT2D eigenvalue weighted by atomic mass is 35.5. The molecule has 1 aliphatic rings. The highest BCUT2D eigenvalue weighted by Gasteiger charge is 2.24. The maximum absolute atomic E-state index is 14.3. The number of halogens is 2. The van der Waals surface area contributed by atoms with Crippen molar-refractivity contribution in [2.24, 2.45) is 0 Å². The molecule has 2 aromatic heterocycles. The number of amides is 2. The maximum atomic E-state index is 14.3. The first-order valence-corrected chi connectivity index (χ1v) is 9.49. The van der Waals surface area contributed by atoms with Crippen LogP contribution in [-0.2, 0) is 9.59 Å². The van der Waals surface area contributed by atoms with E-state index >= 15 is 0 Å². The van der Waals surface area contributed by atoms with Crippen molar-refractivity contribution in [2.75, 3.05) is 16.8 Å². The number of carbonyl (C=O) groups is 2. The van der Waals surface area contributed by atoms with Gasteiger partial charge in [-0.05, 0) is 30.7 Å². The molecule has 3 aromatic rings. The van der Waals surface area contributed by atoms with Crippen LogP contribution in [0.2, 0.25) is 5.15 Å². The molecule has 0 aliphatic carbocycles. The number of rotatable bonds is 4. The summed E-state index contributed by atoms with van der Waals surface area (Å²) in [5, 5.41) is 4.77. The van der Waals surface area contributed by atoms with Crippen molar-refractivity contribution in [2.45, 2.75) is 12.8 Å². The zero-order chi connectivity index (χ0) is 19.0. The van der Waals surface area contributed by atoms with Gasteiger partial charge in [-0.1, -0.05) is 11.6 Å². The Labute approximate surface area is 162 Å². The Bertz CT molecular complexity index is 1070. The molecule has 0 atom stereocenters. The van der Waals surface area contributed by atoms with Crippen molar-refractivity contribution >= 4 is 57.2 Å². The van der Waals surface area contributed by atoms with E-state index in [0.717, 1.165) is 11.4 Å². The van der Waals surface area contributed by atoms with Crippen LogP contribution in [-0.4, -0.2) is 27.7 Å². The highest BCUT2D eigenvalue weighted by Crippen LogP contribution is 2.27. The molecule has 27 heavy (non-hydrogen) atoms. The van der Waals surface area contributed by atoms with Crippen molar-refractivity contribution in [3.63, 3.8) is 0 Å². The Morgan fingerprint density at radius 2 is 2.26 bits per heavy atom. The van der Waals surface area contributed by atoms with Gasteiger partial charge in [-0.25, -0.2) is 9.37 Å². The van der Waals surface area contributed by atoms with E-state index in [9.17, 15) is 14.0 Å². The Hall–Kier alpha value is -2.71. The molecule has 0 saturated carbocycles. The van der Waals surface area contributed by atoms with Gasteiger partial charge in [-0.3, -0.25) is 14.0 Å². The summed E-state index contributed by atoms with van der Waals surface area (Å²) in [5.74, 6) is -1.07. The minimum Gasteiger partial charge on any atom is -0.322 e. The number of benzene rings is 1. The molecule has 4 rings (SSSR count). The second-order valence-corrected chi connectivity index (χ2v) is 7.21. The second-order valence-electron chi connectivity index (χ2n) is 5.98. The van der Waals surface area contributed by atoms with Crippen LogP contribution in [0.1, 0.15) is 18.5 Å². The number of carbonyl (C=O) groups excluding carboxylic acids is 2. The molecule has 1 fully saturated rings. The van der Waals surface area contributed by atoms with Crippen LogP contribution in [0, 0.1) is 5.82 Å². The van der Waals surface area contributed by atoms with Gasteiger partial charge in [0.25, 0.3) is 0 Å². The fourth-order valence-corrected chi connectivity index (χ4v) is 3.98. The fraction of sp³-hybridized carbons (Fsp3) is 0.167. The fourth-order valence-electron chi connectivity index (χ4n) is 2.97. The van der Waals surface area contributed by atoms with Crippen molar-refractivity contribution in [3.05, 3.63) is 52.5 Å². The van der Waals surface area contributed by atoms with E-state index in [0.29, 0.717) is 29.5 Å². The van der Waals surface area contributed by atoms with Gasteiger partial charge < -0.3 is 10.2 Å². The molecule has 1 aromatic carbocycles. The normalized spacial score (nSPS) is 14.6. The number of hydrogen-bond acceptors (Lipinski definition) is 4. The zero-order valence-corrected chi connectivity index (χ0v) is 15.6. The van der Waals surface area contributed by atoms with Crippen molar-refractivity contribution < 1.29 is 14.0 Å². The van der Waals surface area contributed by atoms with E-state index < -0.39 is 11.7 Å². The summed E-state index contributed by atoms with van der Waals surface area (Å²) in [6, 6.07) is 4.27. The van der Waals surface area contributed by atoms with Crippen LogP contribution in [0.4, 0.5) is 15.8 Å². The first-order chi connectivity index (χ1) is 13.0. The number of fused-ring (bicyclic) bond motifs is 1. The molecule has 0 bridgehead atoms. The van der Waals surface area contributed by atoms with Gasteiger partial charge in [0.2, 0.25) is 11.8 Å². The molecule has 0 spiro atoms. The summed E-state index contributed by atoms with van der Waals surface area (Å²) < 4.78 is 16.1. The minimum absolute atomic E-state index is 0.0916. The highest BCUT2D eigenvalue weighted by molar-refractivity contribution is 7.15. The minimum atomic E-state index is -0.550. The van der Waals surface area contributed by atoms with Gasteiger partial charge >= 0.3 is 0 Å². The van der Waals surface area contributed by atoms with Gasteiger partial charge in [0.1, 0.15) is 5.82 Å². The lowest BCUT2D eigenvalue weighted by Gasteiger charge is -2.17. The number of imidazole rings is 1. The Balaban J connectivity index is 1.48. The quantitative estimate of drug-likeness (QED) is 0.669. The molecule has 6 nitrogen and oxygen atoms in total. The molecule has 1 aliphatic heterocycles. The molecular weight excluding hydrogens is 391 g/mol. The smallest absolute Gasteiger partial charge is 0.248 e. The number of nitrogens with one attached hydrogen (secondary N) is 1. The maximum Gasteiger partial charge on any atom is 0.248 e. The predicted molar refractivity (Wildman–Crippen MR) is 104 cm³/mol. The van der Waals surface area contributed by atoms with Gasteiger partial charge in [-0.2, -0.15) is 0 Å². The standard InChI is InChI=1S/C18H14ClFN4O2S/c19-17-14(24-8-9-27-18(24)22-17)5-6-15(25)21-11-3-4-13(12(20)10-11)23-7-1-2-16(23)26/h3-6,8-10H,1-2,7H2,(H,21,25)/b6-5+. The molecule has 2 amide bonds. The van der Waals surface area contributed by atoms with E-state index in [2.05, 4.69) is 10.3 Å². The van der Waals surface area contributed by atoms with Gasteiger partial charge in [0.05, 0.1) is 11.4 Å². The molecule has 9 heteroatoms. The average molecular weight is 405 g/mol. The average Bonchev–Trinajstić information content (AvgIpc) is 3.30. The van der Waals surface area contributed by atoms with E-state index in [-0.39, 0.29) is 11.6 Å². The van der Waals surface area contributed by atoms with Gasteiger partial charge in [0, 0.05) is 36.3 Å². The van der Waals surface area contributed by atoms with Crippen LogP contribution in [0.15, 0.2) is 35.9 Å². The zero-order valence-electron chi connectivity index (χ0n) is 14.0. The Kier molecular flexibility index (Phi) is 4.67. The van der Waals surface area contributed by atoms with E-state index in [1.165, 1.54) is 34.4 Å². The number of nitrogens with zero attached hydrogens (tertiary/aromatic N) is 3. The summed E-state index contributed by atoms with van der Waals surface area (Å²) in [7, 11) is 0. The van der Waals surface area contributed by atoms with Crippen LogP contribution in [0.5, 0.6) is 0 Å². The largest absolute Gasteiger partial charge is 0.322 e. The van der Waals surface area contributed by atoms with Crippen LogP contribution >= 0.6 is 22.9 Å². The van der Waals surface area contributed by atoms with Crippen molar-refractivity contribution in [1.29, 1.82) is 0 Å². The molecule has 1 N–H and O–H groups in total. The van der Waals surface area contributed by atoms with Gasteiger partial charge in [-0.15, -0.1) is 11.3 Å². The van der Waals surface area contributed by atoms with Crippen molar-refractivity contribution in [3.8, 4) is 0 Å². The molecule has 3 heterocycles. The van der Waals surface area contributed by atoms with E-state index in [4.69, 9.17) is 11.6 Å². The molecular formula is C18H14ClFN4O2S. The summed E-state index contributed by atoms with van der Waals surface area (Å²) in [6.45, 7) is 0.507. The lowest BCUT2D eigenvalue weighted by molar-refractivity contribution is -0.117. The van der Waals surface area contributed by atoms with Crippen LogP contribution in [0.25, 0.3) is 11.0 Å². The Morgan fingerprint density at radius 3 is 3.00 bits per heavy atom. The third-order valence-corrected chi connectivity index (χ3v) is 5.26. The third kappa shape index (κ3) is 3.45. The van der Waals surface area contributed by atoms with E-state index in [1.807, 2.05) is 11.6 Å². The lowest BCUT2D eigenvalue weighted by atomic mass is 10.2. The molecule has 138 valence electrons. The number of hydrogen-bond donors (Lipinski definition) is 1. The molecule has 0 unspecified atom stereocenters. The predicted octanol–water partition coefficient (Wildman–Crippen LogP) is 3.97. The molecule has 1 saturated heterocycles. The number of anilines is 2. The monoisotopic (exact) mass is 404 g/mol. The topological polar surface area (TPSA) is 66.7 Å². The first kappa shape index (κ1) is 17.7. The summed E-state index contributed by atoms with van der Waals surface area (Å²) in [5.41, 5.74) is 1.13. The summed E-state index contributed by atoms with van der Waals surface area (Å²) >= 11 is 7.51. The van der Waals surface area contributed by atoms with Crippen LogP contribution < -0.4 is 10.2 Å². The first-order valence-electron chi connectivity index (χ1n) is 8.23. The second kappa shape index (κ2) is 7.13. The van der Waals surface area contributed by atoms with Crippen molar-refractivity contribution in [1.82, 2.24) is 9.38 Å². The number of thiazole rings is 1. The summed E-state index contributed by atoms with van der Waals surface area (Å²) in [4.78, 5) is 30.2. The SMILES string of the molecule is O=C(/C=C/c1c(Cl)nc2sccn12)Nc1ccc(N2CCCC2=O)c(F)c1. The molecule has 0 radical (unpaired) electrons.